The molecule has 0 amide bonds. The summed E-state index contributed by atoms with van der Waals surface area (Å²) in [6.45, 7) is 2.05. The Bertz CT molecular complexity index is 655. The van der Waals surface area contributed by atoms with Crippen molar-refractivity contribution in [3.63, 3.8) is 0 Å². The van der Waals surface area contributed by atoms with Gasteiger partial charge in [0.05, 0.1) is 18.7 Å². The molecule has 0 aliphatic carbocycles. The average molecular weight is 292 g/mol. The van der Waals surface area contributed by atoms with Gasteiger partial charge in [-0.3, -0.25) is 4.90 Å². The van der Waals surface area contributed by atoms with Crippen LogP contribution in [0.15, 0.2) is 48.5 Å². The molecule has 0 saturated carbocycles. The molecule has 3 rings (SSSR count). The first kappa shape index (κ1) is 14.6. The average Bonchev–Trinajstić information content (AvgIpc) is 3.04. The zero-order valence-electron chi connectivity index (χ0n) is 12.8. The molecular formula is C19H20N2O. The molecule has 2 aromatic rings. The summed E-state index contributed by atoms with van der Waals surface area (Å²) in [6.07, 6.45) is 2.43. The number of hydrogen-bond donors (Lipinski definition) is 0. The molecule has 0 spiro atoms. The van der Waals surface area contributed by atoms with Gasteiger partial charge in [-0.15, -0.1) is 0 Å². The van der Waals surface area contributed by atoms with Gasteiger partial charge in [0.25, 0.3) is 0 Å². The second-order valence-corrected chi connectivity index (χ2v) is 5.71. The largest absolute Gasteiger partial charge is 0.497 e. The van der Waals surface area contributed by atoms with Crippen molar-refractivity contribution < 1.29 is 4.74 Å². The highest BCUT2D eigenvalue weighted by Crippen LogP contribution is 2.33. The molecule has 112 valence electrons. The van der Waals surface area contributed by atoms with Crippen LogP contribution < -0.4 is 4.74 Å². The van der Waals surface area contributed by atoms with Crippen LogP contribution in [0.3, 0.4) is 0 Å². The van der Waals surface area contributed by atoms with Crippen LogP contribution >= 0.6 is 0 Å². The Morgan fingerprint density at radius 3 is 2.50 bits per heavy atom. The van der Waals surface area contributed by atoms with E-state index in [0.717, 1.165) is 24.4 Å². The minimum atomic E-state index is 0.474. The number of rotatable bonds is 4. The molecule has 22 heavy (non-hydrogen) atoms. The lowest BCUT2D eigenvalue weighted by molar-refractivity contribution is 0.248. The summed E-state index contributed by atoms with van der Waals surface area (Å²) < 4.78 is 5.24. The van der Waals surface area contributed by atoms with E-state index < -0.39 is 0 Å². The van der Waals surface area contributed by atoms with Crippen LogP contribution in [0.4, 0.5) is 0 Å². The third-order valence-electron chi connectivity index (χ3n) is 4.33. The lowest BCUT2D eigenvalue weighted by atomic mass is 10.0. The molecule has 2 aromatic carbocycles. The Morgan fingerprint density at radius 2 is 1.86 bits per heavy atom. The normalized spacial score (nSPS) is 18.1. The highest BCUT2D eigenvalue weighted by Gasteiger charge is 2.25. The molecule has 1 fully saturated rings. The van der Waals surface area contributed by atoms with Crippen molar-refractivity contribution in [2.75, 3.05) is 13.7 Å². The summed E-state index contributed by atoms with van der Waals surface area (Å²) in [5.74, 6) is 0.903. The van der Waals surface area contributed by atoms with E-state index in [-0.39, 0.29) is 0 Å². The van der Waals surface area contributed by atoms with Crippen LogP contribution in [-0.4, -0.2) is 18.6 Å². The number of hydrogen-bond acceptors (Lipinski definition) is 3. The fraction of sp³-hybridized carbons (Fsp3) is 0.316. The smallest absolute Gasteiger partial charge is 0.118 e. The van der Waals surface area contributed by atoms with Gasteiger partial charge in [0.1, 0.15) is 5.75 Å². The maximum atomic E-state index is 8.88. The Labute approximate surface area is 131 Å². The molecule has 3 nitrogen and oxygen atoms in total. The number of nitrogens with zero attached hydrogens (tertiary/aromatic N) is 2. The molecule has 1 saturated heterocycles. The monoisotopic (exact) mass is 292 g/mol. The molecule has 1 aliphatic heterocycles. The Balaban J connectivity index is 1.73. The first-order valence-corrected chi connectivity index (χ1v) is 7.67. The second kappa shape index (κ2) is 6.64. The number of nitriles is 1. The van der Waals surface area contributed by atoms with Gasteiger partial charge in [0, 0.05) is 12.6 Å². The van der Waals surface area contributed by atoms with E-state index >= 15 is 0 Å². The maximum absolute atomic E-state index is 8.88. The van der Waals surface area contributed by atoms with Crippen LogP contribution in [0, 0.1) is 11.3 Å². The molecule has 1 atom stereocenters. The predicted octanol–water partition coefficient (Wildman–Crippen LogP) is 3.90. The maximum Gasteiger partial charge on any atom is 0.118 e. The molecule has 0 N–H and O–H groups in total. The fourth-order valence-corrected chi connectivity index (χ4v) is 3.14. The molecule has 3 heteroatoms. The van der Waals surface area contributed by atoms with E-state index in [2.05, 4.69) is 35.2 Å². The van der Waals surface area contributed by atoms with Gasteiger partial charge in [-0.05, 0) is 54.8 Å². The summed E-state index contributed by atoms with van der Waals surface area (Å²) >= 11 is 0. The third-order valence-corrected chi connectivity index (χ3v) is 4.33. The summed E-state index contributed by atoms with van der Waals surface area (Å²) in [5, 5.41) is 8.88. The predicted molar refractivity (Wildman–Crippen MR) is 86.5 cm³/mol. The minimum Gasteiger partial charge on any atom is -0.497 e. The van der Waals surface area contributed by atoms with Crippen molar-refractivity contribution >= 4 is 0 Å². The van der Waals surface area contributed by atoms with Crippen molar-refractivity contribution in [2.24, 2.45) is 0 Å². The Hall–Kier alpha value is -2.31. The highest BCUT2D eigenvalue weighted by molar-refractivity contribution is 5.32. The Kier molecular flexibility index (Phi) is 4.41. The van der Waals surface area contributed by atoms with E-state index in [1.54, 1.807) is 7.11 Å². The van der Waals surface area contributed by atoms with Gasteiger partial charge in [0.2, 0.25) is 0 Å². The molecule has 1 aliphatic rings. The van der Waals surface area contributed by atoms with Gasteiger partial charge in [-0.25, -0.2) is 0 Å². The number of benzene rings is 2. The van der Waals surface area contributed by atoms with Crippen LogP contribution in [0.2, 0.25) is 0 Å². The first-order chi connectivity index (χ1) is 10.8. The van der Waals surface area contributed by atoms with Crippen molar-refractivity contribution in [3.05, 3.63) is 65.2 Å². The number of ether oxygens (including phenoxy) is 1. The highest BCUT2D eigenvalue weighted by atomic mass is 16.5. The molecule has 0 aromatic heterocycles. The number of likely N-dealkylation sites (tertiary alicyclic amines) is 1. The summed E-state index contributed by atoms with van der Waals surface area (Å²) in [6, 6.07) is 19.0. The van der Waals surface area contributed by atoms with Crippen LogP contribution in [0.25, 0.3) is 0 Å². The molecule has 1 heterocycles. The van der Waals surface area contributed by atoms with E-state index in [1.807, 2.05) is 24.3 Å². The number of methoxy groups -OCH3 is 1. The molecular weight excluding hydrogens is 272 g/mol. The summed E-state index contributed by atoms with van der Waals surface area (Å²) in [7, 11) is 1.70. The van der Waals surface area contributed by atoms with E-state index in [4.69, 9.17) is 10.00 Å². The van der Waals surface area contributed by atoms with Gasteiger partial charge >= 0.3 is 0 Å². The van der Waals surface area contributed by atoms with E-state index in [9.17, 15) is 0 Å². The second-order valence-electron chi connectivity index (χ2n) is 5.71. The van der Waals surface area contributed by atoms with Crippen LogP contribution in [0.5, 0.6) is 5.75 Å². The van der Waals surface area contributed by atoms with Gasteiger partial charge in [-0.2, -0.15) is 5.26 Å². The lowest BCUT2D eigenvalue weighted by Crippen LogP contribution is -2.22. The molecule has 0 unspecified atom stereocenters. The van der Waals surface area contributed by atoms with Gasteiger partial charge in [0.15, 0.2) is 0 Å². The van der Waals surface area contributed by atoms with Crippen LogP contribution in [0.1, 0.15) is 35.6 Å². The van der Waals surface area contributed by atoms with Crippen molar-refractivity contribution in [2.45, 2.75) is 25.4 Å². The Morgan fingerprint density at radius 1 is 1.14 bits per heavy atom. The fourth-order valence-electron chi connectivity index (χ4n) is 3.14. The zero-order chi connectivity index (χ0) is 15.4. The van der Waals surface area contributed by atoms with E-state index in [0.29, 0.717) is 6.04 Å². The zero-order valence-corrected chi connectivity index (χ0v) is 12.8. The van der Waals surface area contributed by atoms with Gasteiger partial charge < -0.3 is 4.74 Å². The SMILES string of the molecule is COc1ccc([C@@H]2CCCN2Cc2ccc(C#N)cc2)cc1. The lowest BCUT2D eigenvalue weighted by Gasteiger charge is -2.25. The molecule has 0 radical (unpaired) electrons. The molecule has 0 bridgehead atoms. The van der Waals surface area contributed by atoms with Crippen molar-refractivity contribution in [1.82, 2.24) is 4.90 Å². The van der Waals surface area contributed by atoms with Crippen LogP contribution in [-0.2, 0) is 6.54 Å². The minimum absolute atomic E-state index is 0.474. The van der Waals surface area contributed by atoms with Crippen molar-refractivity contribution in [3.8, 4) is 11.8 Å². The summed E-state index contributed by atoms with van der Waals surface area (Å²) in [4.78, 5) is 2.52. The third kappa shape index (κ3) is 3.13. The van der Waals surface area contributed by atoms with Crippen molar-refractivity contribution in [1.29, 1.82) is 5.26 Å². The standard InChI is InChI=1S/C19H20N2O/c1-22-18-10-8-17(9-11-18)19-3-2-12-21(19)14-16-6-4-15(13-20)5-7-16/h4-11,19H,2-3,12,14H2,1H3/t19-/m0/s1. The van der Waals surface area contributed by atoms with Gasteiger partial charge in [-0.1, -0.05) is 24.3 Å². The quantitative estimate of drug-likeness (QED) is 0.857. The first-order valence-electron chi connectivity index (χ1n) is 7.67. The summed E-state index contributed by atoms with van der Waals surface area (Å²) in [5.41, 5.74) is 3.34. The topological polar surface area (TPSA) is 36.3 Å². The van der Waals surface area contributed by atoms with E-state index in [1.165, 1.54) is 24.0 Å².